The molecule has 3 rings (SSSR count). The molecule has 2 fully saturated rings. The van der Waals surface area contributed by atoms with Crippen LogP contribution in [0.4, 0.5) is 5.82 Å². The maximum atomic E-state index is 11.5. The number of hydrogen-bond acceptors (Lipinski definition) is 3. The number of pyridine rings is 1. The van der Waals surface area contributed by atoms with E-state index in [1.54, 1.807) is 12.3 Å². The van der Waals surface area contributed by atoms with Gasteiger partial charge in [-0.25, -0.2) is 9.78 Å². The molecule has 2 heterocycles. The van der Waals surface area contributed by atoms with Crippen molar-refractivity contribution < 1.29 is 9.90 Å². The van der Waals surface area contributed by atoms with Crippen molar-refractivity contribution in [3.05, 3.63) is 22.3 Å². The van der Waals surface area contributed by atoms with Crippen molar-refractivity contribution in [2.24, 2.45) is 5.92 Å². The van der Waals surface area contributed by atoms with E-state index < -0.39 is 5.97 Å². The minimum absolute atomic E-state index is 0.311. The van der Waals surface area contributed by atoms with Gasteiger partial charge in [0, 0.05) is 23.3 Å². The molecule has 0 amide bonds. The third-order valence-electron chi connectivity index (χ3n) is 4.58. The molecule has 1 saturated heterocycles. The Morgan fingerprint density at radius 1 is 1.30 bits per heavy atom. The van der Waals surface area contributed by atoms with E-state index in [0.717, 1.165) is 17.4 Å². The highest BCUT2D eigenvalue weighted by Gasteiger charge is 2.35. The van der Waals surface area contributed by atoms with Crippen molar-refractivity contribution >= 4 is 27.7 Å². The smallest absolute Gasteiger partial charge is 0.339 e. The summed E-state index contributed by atoms with van der Waals surface area (Å²) in [5, 5.41) is 9.43. The Morgan fingerprint density at radius 2 is 2.05 bits per heavy atom. The van der Waals surface area contributed by atoms with Crippen LogP contribution in [-0.2, 0) is 0 Å². The number of nitrogens with zero attached hydrogens (tertiary/aromatic N) is 2. The van der Waals surface area contributed by atoms with Gasteiger partial charge in [-0.15, -0.1) is 0 Å². The molecule has 2 atom stereocenters. The van der Waals surface area contributed by atoms with E-state index in [9.17, 15) is 9.90 Å². The zero-order valence-corrected chi connectivity index (χ0v) is 13.0. The quantitative estimate of drug-likeness (QED) is 0.893. The van der Waals surface area contributed by atoms with E-state index in [-0.39, 0.29) is 0 Å². The third-order valence-corrected chi connectivity index (χ3v) is 5.01. The number of aromatic nitrogens is 1. The van der Waals surface area contributed by atoms with Gasteiger partial charge in [-0.1, -0.05) is 12.8 Å². The molecule has 0 spiro atoms. The fourth-order valence-electron chi connectivity index (χ4n) is 3.71. The topological polar surface area (TPSA) is 53.4 Å². The summed E-state index contributed by atoms with van der Waals surface area (Å²) in [6.07, 6.45) is 9.12. The number of carbonyl (C=O) groups is 1. The van der Waals surface area contributed by atoms with E-state index in [0.29, 0.717) is 23.3 Å². The fraction of sp³-hybridized carbons (Fsp3) is 0.600. The first-order valence-electron chi connectivity index (χ1n) is 7.32. The predicted molar refractivity (Wildman–Crippen MR) is 81.2 cm³/mol. The number of anilines is 1. The fourth-order valence-corrected chi connectivity index (χ4v) is 4.04. The first-order valence-corrected chi connectivity index (χ1v) is 8.11. The summed E-state index contributed by atoms with van der Waals surface area (Å²) in [6.45, 7) is 0.927. The van der Waals surface area contributed by atoms with Crippen molar-refractivity contribution in [1.82, 2.24) is 4.98 Å². The van der Waals surface area contributed by atoms with Crippen LogP contribution >= 0.6 is 15.9 Å². The molecule has 0 bridgehead atoms. The van der Waals surface area contributed by atoms with E-state index in [4.69, 9.17) is 0 Å². The average Bonchev–Trinajstić information content (AvgIpc) is 2.46. The Bertz CT molecular complexity index is 519. The molecule has 1 N–H and O–H groups in total. The number of aromatic carboxylic acids is 1. The van der Waals surface area contributed by atoms with Gasteiger partial charge in [-0.2, -0.15) is 0 Å². The lowest BCUT2D eigenvalue weighted by Crippen LogP contribution is -2.47. The number of rotatable bonds is 2. The SMILES string of the molecule is O=C(O)c1cc(Br)cnc1N1CCC[C@H]2CCCC[C@H]21. The van der Waals surface area contributed by atoms with Gasteiger partial charge >= 0.3 is 5.97 Å². The molecule has 20 heavy (non-hydrogen) atoms. The largest absolute Gasteiger partial charge is 0.478 e. The highest BCUT2D eigenvalue weighted by atomic mass is 79.9. The Labute approximate surface area is 127 Å². The lowest BCUT2D eigenvalue weighted by molar-refractivity contribution is 0.0696. The van der Waals surface area contributed by atoms with Gasteiger partial charge < -0.3 is 10.0 Å². The molecule has 0 radical (unpaired) electrons. The molecule has 1 aliphatic carbocycles. The molecule has 2 aliphatic rings. The maximum absolute atomic E-state index is 11.5. The molecule has 108 valence electrons. The second-order valence-corrected chi connectivity index (χ2v) is 6.69. The molecule has 0 unspecified atom stereocenters. The maximum Gasteiger partial charge on any atom is 0.339 e. The van der Waals surface area contributed by atoms with Crippen molar-refractivity contribution in [3.8, 4) is 0 Å². The lowest BCUT2D eigenvalue weighted by atomic mass is 9.78. The minimum Gasteiger partial charge on any atom is -0.478 e. The summed E-state index contributed by atoms with van der Waals surface area (Å²) < 4.78 is 0.718. The van der Waals surface area contributed by atoms with E-state index in [1.807, 2.05) is 0 Å². The number of halogens is 1. The van der Waals surface area contributed by atoms with E-state index in [2.05, 4.69) is 25.8 Å². The van der Waals surface area contributed by atoms with Crippen LogP contribution < -0.4 is 4.90 Å². The summed E-state index contributed by atoms with van der Waals surface area (Å²) >= 11 is 3.31. The number of carboxylic acids is 1. The van der Waals surface area contributed by atoms with Crippen molar-refractivity contribution in [2.75, 3.05) is 11.4 Å². The third kappa shape index (κ3) is 2.55. The molecule has 0 aromatic carbocycles. The molecule has 1 saturated carbocycles. The Balaban J connectivity index is 1.96. The van der Waals surface area contributed by atoms with Gasteiger partial charge in [0.1, 0.15) is 11.4 Å². The highest BCUT2D eigenvalue weighted by molar-refractivity contribution is 9.10. The van der Waals surface area contributed by atoms with Crippen LogP contribution in [0.5, 0.6) is 0 Å². The zero-order chi connectivity index (χ0) is 14.1. The van der Waals surface area contributed by atoms with E-state index >= 15 is 0 Å². The molecular weight excluding hydrogens is 320 g/mol. The Hall–Kier alpha value is -1.10. The van der Waals surface area contributed by atoms with Crippen LogP contribution in [0.1, 0.15) is 48.9 Å². The highest BCUT2D eigenvalue weighted by Crippen LogP contribution is 2.38. The first kappa shape index (κ1) is 13.9. The molecule has 1 aliphatic heterocycles. The van der Waals surface area contributed by atoms with Gasteiger partial charge in [0.15, 0.2) is 0 Å². The number of fused-ring (bicyclic) bond motifs is 1. The van der Waals surface area contributed by atoms with Gasteiger partial charge in [-0.3, -0.25) is 0 Å². The molecule has 5 heteroatoms. The van der Waals surface area contributed by atoms with Crippen molar-refractivity contribution in [3.63, 3.8) is 0 Å². The predicted octanol–water partition coefficient (Wildman–Crippen LogP) is 3.70. The number of piperidine rings is 1. The number of carboxylic acid groups (broad SMARTS) is 1. The van der Waals surface area contributed by atoms with Crippen LogP contribution in [0.25, 0.3) is 0 Å². The van der Waals surface area contributed by atoms with Gasteiger partial charge in [-0.05, 0) is 53.6 Å². The van der Waals surface area contributed by atoms with Gasteiger partial charge in [0.25, 0.3) is 0 Å². The molecular formula is C15H19BrN2O2. The van der Waals surface area contributed by atoms with Crippen LogP contribution in [0, 0.1) is 5.92 Å². The van der Waals surface area contributed by atoms with Gasteiger partial charge in [0.05, 0.1) is 0 Å². The van der Waals surface area contributed by atoms with Crippen LogP contribution in [-0.4, -0.2) is 28.6 Å². The van der Waals surface area contributed by atoms with Crippen LogP contribution in [0.3, 0.4) is 0 Å². The Kier molecular flexibility index (Phi) is 3.96. The molecule has 1 aromatic heterocycles. The minimum atomic E-state index is -0.897. The lowest BCUT2D eigenvalue weighted by Gasteiger charge is -2.45. The average molecular weight is 339 g/mol. The van der Waals surface area contributed by atoms with Crippen LogP contribution in [0.15, 0.2) is 16.7 Å². The van der Waals surface area contributed by atoms with Gasteiger partial charge in [0.2, 0.25) is 0 Å². The summed E-state index contributed by atoms with van der Waals surface area (Å²) in [4.78, 5) is 18.2. The van der Waals surface area contributed by atoms with Crippen LogP contribution in [0.2, 0.25) is 0 Å². The standard InChI is InChI=1S/C15H19BrN2O2/c16-11-8-12(15(19)20)14(17-9-11)18-7-3-5-10-4-1-2-6-13(10)18/h8-10,13H,1-7H2,(H,19,20)/t10-,13-/m1/s1. The molecule has 4 nitrogen and oxygen atoms in total. The summed E-state index contributed by atoms with van der Waals surface area (Å²) in [5.41, 5.74) is 0.311. The second kappa shape index (κ2) is 5.72. The van der Waals surface area contributed by atoms with Crippen molar-refractivity contribution in [2.45, 2.75) is 44.6 Å². The summed E-state index contributed by atoms with van der Waals surface area (Å²) in [6, 6.07) is 2.14. The first-order chi connectivity index (χ1) is 9.66. The summed E-state index contributed by atoms with van der Waals surface area (Å²) in [5.74, 6) is 0.466. The normalized spacial score (nSPS) is 26.1. The zero-order valence-electron chi connectivity index (χ0n) is 11.4. The second-order valence-electron chi connectivity index (χ2n) is 5.78. The number of hydrogen-bond donors (Lipinski definition) is 1. The van der Waals surface area contributed by atoms with E-state index in [1.165, 1.54) is 32.1 Å². The Morgan fingerprint density at radius 3 is 2.85 bits per heavy atom. The van der Waals surface area contributed by atoms with Crippen molar-refractivity contribution in [1.29, 1.82) is 0 Å². The monoisotopic (exact) mass is 338 g/mol. The summed E-state index contributed by atoms with van der Waals surface area (Å²) in [7, 11) is 0. The molecule has 1 aromatic rings.